The van der Waals surface area contributed by atoms with Crippen LogP contribution >= 0.6 is 11.3 Å². The highest BCUT2D eigenvalue weighted by Crippen LogP contribution is 2.36. The van der Waals surface area contributed by atoms with Crippen LogP contribution in [-0.2, 0) is 16.6 Å². The minimum atomic E-state index is -3.35. The summed E-state index contributed by atoms with van der Waals surface area (Å²) in [4.78, 5) is 1.10. The van der Waals surface area contributed by atoms with Crippen molar-refractivity contribution in [1.82, 2.24) is 10.0 Å². The molecule has 20 heavy (non-hydrogen) atoms. The number of sulfonamides is 1. The van der Waals surface area contributed by atoms with Crippen molar-refractivity contribution in [3.05, 3.63) is 16.5 Å². The normalized spacial score (nSPS) is 17.4. The van der Waals surface area contributed by atoms with Crippen LogP contribution in [0.5, 0.6) is 0 Å². The summed E-state index contributed by atoms with van der Waals surface area (Å²) in [5.74, 6) is 1.15. The maximum atomic E-state index is 12.3. The molecule has 2 N–H and O–H groups in total. The Hall–Kier alpha value is -0.430. The van der Waals surface area contributed by atoms with Gasteiger partial charge in [0.1, 0.15) is 4.21 Å². The Bertz CT molecular complexity index is 548. The van der Waals surface area contributed by atoms with Crippen LogP contribution < -0.4 is 10.0 Å². The molecule has 1 aromatic rings. The van der Waals surface area contributed by atoms with E-state index < -0.39 is 10.0 Å². The largest absolute Gasteiger partial charge is 0.312 e. The molecule has 1 aliphatic rings. The molecule has 0 saturated heterocycles. The monoisotopic (exact) mass is 316 g/mol. The van der Waals surface area contributed by atoms with Crippen molar-refractivity contribution in [3.8, 4) is 0 Å². The van der Waals surface area contributed by atoms with Crippen LogP contribution in [0, 0.1) is 18.8 Å². The van der Waals surface area contributed by atoms with Gasteiger partial charge in [-0.25, -0.2) is 13.1 Å². The van der Waals surface area contributed by atoms with E-state index in [4.69, 9.17) is 0 Å². The first kappa shape index (κ1) is 15.9. The molecular weight excluding hydrogens is 292 g/mol. The first-order chi connectivity index (χ1) is 9.44. The Kier molecular flexibility index (Phi) is 5.23. The number of hydrogen-bond acceptors (Lipinski definition) is 4. The molecule has 1 atom stereocenters. The third-order valence-electron chi connectivity index (χ3n) is 3.82. The number of hydrogen-bond donors (Lipinski definition) is 2. The molecule has 1 fully saturated rings. The molecule has 1 aromatic heterocycles. The van der Waals surface area contributed by atoms with Gasteiger partial charge in [-0.3, -0.25) is 0 Å². The molecule has 114 valence electrons. The second-order valence-electron chi connectivity index (χ2n) is 5.62. The molecule has 0 radical (unpaired) electrons. The smallest absolute Gasteiger partial charge is 0.250 e. The van der Waals surface area contributed by atoms with Gasteiger partial charge in [-0.05, 0) is 49.8 Å². The predicted molar refractivity (Wildman–Crippen MR) is 83.5 cm³/mol. The van der Waals surface area contributed by atoms with Crippen molar-refractivity contribution < 1.29 is 8.42 Å². The van der Waals surface area contributed by atoms with Crippen LogP contribution in [0.4, 0.5) is 0 Å². The number of aryl methyl sites for hydroxylation is 1. The minimum absolute atomic E-state index is 0.436. The molecule has 0 aromatic carbocycles. The Morgan fingerprint density at radius 3 is 2.75 bits per heavy atom. The summed E-state index contributed by atoms with van der Waals surface area (Å²) < 4.78 is 27.8. The zero-order valence-corrected chi connectivity index (χ0v) is 14.0. The van der Waals surface area contributed by atoms with Gasteiger partial charge in [-0.2, -0.15) is 0 Å². The van der Waals surface area contributed by atoms with Crippen LogP contribution in [0.15, 0.2) is 10.3 Å². The Morgan fingerprint density at radius 1 is 1.45 bits per heavy atom. The number of rotatable bonds is 8. The summed E-state index contributed by atoms with van der Waals surface area (Å²) in [5.41, 5.74) is 1.05. The summed E-state index contributed by atoms with van der Waals surface area (Å²) in [7, 11) is -3.35. The van der Waals surface area contributed by atoms with Crippen LogP contribution in [0.1, 0.15) is 37.1 Å². The first-order valence-electron chi connectivity index (χ1n) is 7.23. The maximum absolute atomic E-state index is 12.3. The lowest BCUT2D eigenvalue weighted by Crippen LogP contribution is -2.28. The van der Waals surface area contributed by atoms with E-state index in [0.717, 1.165) is 23.5 Å². The highest BCUT2D eigenvalue weighted by Gasteiger charge is 2.29. The van der Waals surface area contributed by atoms with Gasteiger partial charge >= 0.3 is 0 Å². The molecule has 1 aliphatic carbocycles. The van der Waals surface area contributed by atoms with E-state index >= 15 is 0 Å². The standard InChI is InChI=1S/C14H24N2O2S2/c1-4-15-9-13-10(2)7-14(19-13)20(17,18)16-8-11(3)12-5-6-12/h7,11-12,15-16H,4-6,8-9H2,1-3H3. The molecule has 1 heterocycles. The molecule has 6 heteroatoms. The van der Waals surface area contributed by atoms with Crippen molar-refractivity contribution in [1.29, 1.82) is 0 Å². The lowest BCUT2D eigenvalue weighted by atomic mass is 10.1. The quantitative estimate of drug-likeness (QED) is 0.775. The van der Waals surface area contributed by atoms with Gasteiger partial charge in [-0.15, -0.1) is 11.3 Å². The fourth-order valence-corrected chi connectivity index (χ4v) is 4.93. The molecule has 1 saturated carbocycles. The highest BCUT2D eigenvalue weighted by molar-refractivity contribution is 7.91. The summed E-state index contributed by atoms with van der Waals surface area (Å²) in [6.07, 6.45) is 2.49. The summed E-state index contributed by atoms with van der Waals surface area (Å²) in [6, 6.07) is 1.78. The van der Waals surface area contributed by atoms with Gasteiger partial charge in [0.15, 0.2) is 0 Å². The second-order valence-corrected chi connectivity index (χ2v) is 8.75. The minimum Gasteiger partial charge on any atom is -0.312 e. The van der Waals surface area contributed by atoms with E-state index in [0.29, 0.717) is 22.6 Å². The Labute approximate surface area is 126 Å². The van der Waals surface area contributed by atoms with Gasteiger partial charge in [0.2, 0.25) is 10.0 Å². The average molecular weight is 316 g/mol. The van der Waals surface area contributed by atoms with E-state index in [-0.39, 0.29) is 0 Å². The van der Waals surface area contributed by atoms with Gasteiger partial charge in [0.25, 0.3) is 0 Å². The maximum Gasteiger partial charge on any atom is 0.250 e. The third-order valence-corrected chi connectivity index (χ3v) is 6.95. The second kappa shape index (κ2) is 6.56. The molecule has 2 rings (SSSR count). The summed E-state index contributed by atoms with van der Waals surface area (Å²) in [5, 5.41) is 3.24. The van der Waals surface area contributed by atoms with Crippen molar-refractivity contribution in [2.24, 2.45) is 11.8 Å². The Morgan fingerprint density at radius 2 is 2.15 bits per heavy atom. The van der Waals surface area contributed by atoms with Crippen LogP contribution in [0.3, 0.4) is 0 Å². The number of nitrogens with one attached hydrogen (secondary N) is 2. The average Bonchev–Trinajstić information content (AvgIpc) is 3.18. The van der Waals surface area contributed by atoms with E-state index in [1.807, 2.05) is 13.8 Å². The molecule has 0 bridgehead atoms. The third kappa shape index (κ3) is 4.04. The van der Waals surface area contributed by atoms with Crippen molar-refractivity contribution in [2.45, 2.75) is 44.4 Å². The zero-order chi connectivity index (χ0) is 14.8. The van der Waals surface area contributed by atoms with E-state index in [2.05, 4.69) is 17.0 Å². The summed E-state index contributed by atoms with van der Waals surface area (Å²) >= 11 is 1.37. The van der Waals surface area contributed by atoms with Crippen LogP contribution in [-0.4, -0.2) is 21.5 Å². The zero-order valence-electron chi connectivity index (χ0n) is 12.4. The molecule has 0 aliphatic heterocycles. The van der Waals surface area contributed by atoms with Crippen molar-refractivity contribution in [3.63, 3.8) is 0 Å². The number of thiophene rings is 1. The van der Waals surface area contributed by atoms with Gasteiger partial charge in [0.05, 0.1) is 0 Å². The lowest BCUT2D eigenvalue weighted by molar-refractivity contribution is 0.492. The first-order valence-corrected chi connectivity index (χ1v) is 9.53. The molecule has 1 unspecified atom stereocenters. The van der Waals surface area contributed by atoms with Gasteiger partial charge < -0.3 is 5.32 Å². The van der Waals surface area contributed by atoms with E-state index in [1.165, 1.54) is 24.2 Å². The predicted octanol–water partition coefficient (Wildman–Crippen LogP) is 2.49. The Balaban J connectivity index is 2.00. The SMILES string of the molecule is CCNCc1sc(S(=O)(=O)NCC(C)C2CC2)cc1C. The van der Waals surface area contributed by atoms with Gasteiger partial charge in [-0.1, -0.05) is 13.8 Å². The molecule has 4 nitrogen and oxygen atoms in total. The fourth-order valence-electron chi connectivity index (χ4n) is 2.18. The lowest BCUT2D eigenvalue weighted by Gasteiger charge is -2.10. The van der Waals surface area contributed by atoms with Gasteiger partial charge in [0, 0.05) is 18.0 Å². The molecular formula is C14H24N2O2S2. The molecule has 0 spiro atoms. The van der Waals surface area contributed by atoms with Crippen molar-refractivity contribution >= 4 is 21.4 Å². The van der Waals surface area contributed by atoms with Crippen molar-refractivity contribution in [2.75, 3.05) is 13.1 Å². The van der Waals surface area contributed by atoms with Crippen LogP contribution in [0.25, 0.3) is 0 Å². The van der Waals surface area contributed by atoms with Crippen LogP contribution in [0.2, 0.25) is 0 Å². The topological polar surface area (TPSA) is 58.2 Å². The summed E-state index contributed by atoms with van der Waals surface area (Å²) in [6.45, 7) is 8.30. The fraction of sp³-hybridized carbons (Fsp3) is 0.714. The highest BCUT2D eigenvalue weighted by atomic mass is 32.2. The van der Waals surface area contributed by atoms with E-state index in [9.17, 15) is 8.42 Å². The van der Waals surface area contributed by atoms with E-state index in [1.54, 1.807) is 6.07 Å². The molecule has 0 amide bonds.